The minimum absolute atomic E-state index is 0.107. The number of alkyl halides is 1. The van der Waals surface area contributed by atoms with Crippen molar-refractivity contribution in [3.63, 3.8) is 0 Å². The number of carbonyl (C=O) groups excluding carboxylic acids is 1. The Bertz CT molecular complexity index is 1020. The van der Waals surface area contributed by atoms with Gasteiger partial charge in [0.05, 0.1) is 16.9 Å². The van der Waals surface area contributed by atoms with Gasteiger partial charge in [-0.3, -0.25) is 14.7 Å². The lowest BCUT2D eigenvalue weighted by molar-refractivity contribution is -0.129. The standard InChI is InChI=1S/C19H16FN5OS/c1-25-17(26)19(24-18(25)21,16-6-5-12(8-20)9-22-16)14-4-2-3-13(7-14)15-10-27-11-23-15/h2-7,9-11H,8H2,1H3,(H2,21,24). The lowest BCUT2D eigenvalue weighted by atomic mass is 9.85. The molecule has 1 unspecified atom stereocenters. The van der Waals surface area contributed by atoms with Gasteiger partial charge in [-0.25, -0.2) is 14.4 Å². The van der Waals surface area contributed by atoms with E-state index in [0.29, 0.717) is 16.8 Å². The predicted octanol–water partition coefficient (Wildman–Crippen LogP) is 2.70. The number of aliphatic imine (C=N–C) groups is 1. The molecule has 0 saturated carbocycles. The normalized spacial score (nSPS) is 19.4. The average molecular weight is 381 g/mol. The molecule has 3 aromatic rings. The molecule has 2 N–H and O–H groups in total. The zero-order valence-corrected chi connectivity index (χ0v) is 15.3. The fourth-order valence-corrected chi connectivity index (χ4v) is 3.68. The first-order valence-electron chi connectivity index (χ1n) is 8.20. The van der Waals surface area contributed by atoms with Gasteiger partial charge < -0.3 is 5.73 Å². The molecule has 2 aromatic heterocycles. The van der Waals surface area contributed by atoms with Gasteiger partial charge in [0.15, 0.2) is 5.96 Å². The molecule has 0 fully saturated rings. The van der Waals surface area contributed by atoms with E-state index in [4.69, 9.17) is 5.73 Å². The number of thiazole rings is 1. The van der Waals surface area contributed by atoms with Gasteiger partial charge in [0.1, 0.15) is 6.67 Å². The maximum absolute atomic E-state index is 13.2. The van der Waals surface area contributed by atoms with E-state index in [1.807, 2.05) is 29.6 Å². The lowest BCUT2D eigenvalue weighted by Gasteiger charge is -2.25. The molecule has 136 valence electrons. The number of guanidine groups is 1. The van der Waals surface area contributed by atoms with Crippen molar-refractivity contribution in [2.75, 3.05) is 7.05 Å². The van der Waals surface area contributed by atoms with Gasteiger partial charge in [-0.15, -0.1) is 11.3 Å². The number of hydrogen-bond donors (Lipinski definition) is 1. The Morgan fingerprint density at radius 2 is 2.11 bits per heavy atom. The molecule has 3 heterocycles. The molecule has 0 radical (unpaired) electrons. The molecular formula is C19H16FN5OS. The summed E-state index contributed by atoms with van der Waals surface area (Å²) in [7, 11) is 1.57. The second-order valence-corrected chi connectivity index (χ2v) is 6.90. The Morgan fingerprint density at radius 3 is 2.70 bits per heavy atom. The van der Waals surface area contributed by atoms with Crippen molar-refractivity contribution in [1.82, 2.24) is 14.9 Å². The van der Waals surface area contributed by atoms with Crippen LogP contribution in [0, 0.1) is 0 Å². The van der Waals surface area contributed by atoms with E-state index in [9.17, 15) is 9.18 Å². The monoisotopic (exact) mass is 381 g/mol. The summed E-state index contributed by atoms with van der Waals surface area (Å²) < 4.78 is 12.9. The third-order valence-corrected chi connectivity index (χ3v) is 5.18. The topological polar surface area (TPSA) is 84.5 Å². The van der Waals surface area contributed by atoms with Crippen LogP contribution in [0.4, 0.5) is 4.39 Å². The van der Waals surface area contributed by atoms with Crippen LogP contribution >= 0.6 is 11.3 Å². The highest BCUT2D eigenvalue weighted by Gasteiger charge is 2.50. The summed E-state index contributed by atoms with van der Waals surface area (Å²) in [6.45, 7) is -0.626. The number of carbonyl (C=O) groups is 1. The molecule has 1 aromatic carbocycles. The molecule has 0 aliphatic carbocycles. The molecule has 4 rings (SSSR count). The Morgan fingerprint density at radius 1 is 1.26 bits per heavy atom. The van der Waals surface area contributed by atoms with Gasteiger partial charge in [0.2, 0.25) is 5.54 Å². The van der Waals surface area contributed by atoms with Gasteiger partial charge in [-0.05, 0) is 17.7 Å². The average Bonchev–Trinajstić information content (AvgIpc) is 3.32. The van der Waals surface area contributed by atoms with E-state index < -0.39 is 12.2 Å². The third kappa shape index (κ3) is 2.69. The first kappa shape index (κ1) is 17.3. The van der Waals surface area contributed by atoms with Crippen molar-refractivity contribution in [1.29, 1.82) is 0 Å². The molecule has 27 heavy (non-hydrogen) atoms. The van der Waals surface area contributed by atoms with Crippen LogP contribution in [-0.4, -0.2) is 33.8 Å². The van der Waals surface area contributed by atoms with Crippen LogP contribution in [0.15, 0.2) is 58.5 Å². The van der Waals surface area contributed by atoms with Crippen molar-refractivity contribution < 1.29 is 9.18 Å². The predicted molar refractivity (Wildman–Crippen MR) is 102 cm³/mol. The lowest BCUT2D eigenvalue weighted by Crippen LogP contribution is -2.41. The molecule has 0 spiro atoms. The van der Waals surface area contributed by atoms with Crippen LogP contribution in [0.3, 0.4) is 0 Å². The summed E-state index contributed by atoms with van der Waals surface area (Å²) in [6.07, 6.45) is 1.42. The fraction of sp³-hybridized carbons (Fsp3) is 0.158. The van der Waals surface area contributed by atoms with E-state index in [1.165, 1.54) is 22.4 Å². The SMILES string of the molecule is CN1C(=O)C(c2cccc(-c3cscn3)c2)(c2ccc(CF)cn2)N=C1N. The highest BCUT2D eigenvalue weighted by molar-refractivity contribution is 7.07. The summed E-state index contributed by atoms with van der Waals surface area (Å²) in [6, 6.07) is 10.7. The minimum Gasteiger partial charge on any atom is -0.369 e. The van der Waals surface area contributed by atoms with Crippen molar-refractivity contribution in [3.05, 3.63) is 70.3 Å². The summed E-state index contributed by atoms with van der Waals surface area (Å²) in [5, 5.41) is 1.93. The summed E-state index contributed by atoms with van der Waals surface area (Å²) in [5.74, 6) is -0.202. The van der Waals surface area contributed by atoms with E-state index in [2.05, 4.69) is 15.0 Å². The maximum atomic E-state index is 13.2. The number of halogens is 1. The number of rotatable bonds is 4. The largest absolute Gasteiger partial charge is 0.369 e. The molecule has 0 saturated heterocycles. The third-order valence-electron chi connectivity index (χ3n) is 4.60. The van der Waals surface area contributed by atoms with E-state index in [0.717, 1.165) is 11.3 Å². The highest BCUT2D eigenvalue weighted by Crippen LogP contribution is 2.39. The van der Waals surface area contributed by atoms with Crippen LogP contribution in [0.5, 0.6) is 0 Å². The Labute approximate surface area is 159 Å². The molecule has 8 heteroatoms. The molecular weight excluding hydrogens is 365 g/mol. The zero-order chi connectivity index (χ0) is 19.0. The van der Waals surface area contributed by atoms with Gasteiger partial charge in [-0.1, -0.05) is 24.3 Å². The van der Waals surface area contributed by atoms with Crippen LogP contribution in [0.1, 0.15) is 16.8 Å². The van der Waals surface area contributed by atoms with Crippen molar-refractivity contribution in [3.8, 4) is 11.3 Å². The molecule has 1 aliphatic rings. The van der Waals surface area contributed by atoms with Gasteiger partial charge >= 0.3 is 0 Å². The Kier molecular flexibility index (Phi) is 4.19. The summed E-state index contributed by atoms with van der Waals surface area (Å²) in [4.78, 5) is 27.7. The molecule has 1 amide bonds. The van der Waals surface area contributed by atoms with E-state index in [-0.39, 0.29) is 11.9 Å². The zero-order valence-electron chi connectivity index (χ0n) is 14.5. The number of nitrogens with two attached hydrogens (primary N) is 1. The number of pyridine rings is 1. The number of aromatic nitrogens is 2. The van der Waals surface area contributed by atoms with Crippen LogP contribution in [0.2, 0.25) is 0 Å². The maximum Gasteiger partial charge on any atom is 0.267 e. The van der Waals surface area contributed by atoms with Crippen LogP contribution in [-0.2, 0) is 17.0 Å². The van der Waals surface area contributed by atoms with Crippen molar-refractivity contribution >= 4 is 23.2 Å². The first-order valence-corrected chi connectivity index (χ1v) is 9.14. The highest BCUT2D eigenvalue weighted by atomic mass is 32.1. The van der Waals surface area contributed by atoms with Crippen LogP contribution < -0.4 is 5.73 Å². The van der Waals surface area contributed by atoms with Crippen LogP contribution in [0.25, 0.3) is 11.3 Å². The summed E-state index contributed by atoms with van der Waals surface area (Å²) in [5.41, 5.74) is 9.45. The molecule has 0 bridgehead atoms. The number of amides is 1. The number of likely N-dealkylation sites (N-methyl/N-ethyl adjacent to an activating group) is 1. The smallest absolute Gasteiger partial charge is 0.267 e. The number of nitrogens with zero attached hydrogens (tertiary/aromatic N) is 4. The summed E-state index contributed by atoms with van der Waals surface area (Å²) >= 11 is 1.49. The van der Waals surface area contributed by atoms with Crippen molar-refractivity contribution in [2.45, 2.75) is 12.2 Å². The van der Waals surface area contributed by atoms with Gasteiger partial charge in [-0.2, -0.15) is 0 Å². The number of hydrogen-bond acceptors (Lipinski definition) is 6. The fourth-order valence-electron chi connectivity index (χ4n) is 3.12. The van der Waals surface area contributed by atoms with E-state index in [1.54, 1.807) is 24.7 Å². The Balaban J connectivity index is 1.92. The molecule has 1 aliphatic heterocycles. The first-order chi connectivity index (χ1) is 13.1. The van der Waals surface area contributed by atoms with Crippen molar-refractivity contribution in [2.24, 2.45) is 10.7 Å². The minimum atomic E-state index is -1.40. The second kappa shape index (κ2) is 6.55. The number of benzene rings is 1. The quantitative estimate of drug-likeness (QED) is 0.753. The second-order valence-electron chi connectivity index (χ2n) is 6.18. The van der Waals surface area contributed by atoms with Gasteiger partial charge in [0.25, 0.3) is 5.91 Å². The Hall–Kier alpha value is -3.13. The molecule has 6 nitrogen and oxygen atoms in total. The molecule has 1 atom stereocenters. The van der Waals surface area contributed by atoms with E-state index >= 15 is 0 Å². The van der Waals surface area contributed by atoms with Gasteiger partial charge in [0, 0.05) is 29.8 Å².